The quantitative estimate of drug-likeness (QED) is 0.392. The van der Waals surface area contributed by atoms with Crippen LogP contribution in [0.1, 0.15) is 6.92 Å². The molecule has 0 fully saturated rings. The van der Waals surface area contributed by atoms with Crippen LogP contribution in [0, 0.1) is 0 Å². The Bertz CT molecular complexity index is 50.9. The molecule has 0 heterocycles. The van der Waals surface area contributed by atoms with E-state index in [0.717, 1.165) is 6.54 Å². The van der Waals surface area contributed by atoms with E-state index in [0.29, 0.717) is 0 Å². The van der Waals surface area contributed by atoms with E-state index >= 15 is 0 Å². The fourth-order valence-electron chi connectivity index (χ4n) is 0.156. The number of rotatable bonds is 3. The predicted molar refractivity (Wildman–Crippen MR) is 27.6 cm³/mol. The van der Waals surface area contributed by atoms with Gasteiger partial charge in [0.2, 0.25) is 0 Å². The SMILES string of the molecule is CCN/N=N\NC. The maximum absolute atomic E-state index is 3.47. The second kappa shape index (κ2) is 5.20. The Balaban J connectivity index is 2.78. The topological polar surface area (TPSA) is 48.8 Å². The van der Waals surface area contributed by atoms with Gasteiger partial charge in [0.15, 0.2) is 0 Å². The average molecular weight is 102 g/mol. The van der Waals surface area contributed by atoms with E-state index in [9.17, 15) is 0 Å². The lowest BCUT2D eigenvalue weighted by molar-refractivity contribution is 0.659. The van der Waals surface area contributed by atoms with Crippen LogP contribution in [0.2, 0.25) is 0 Å². The maximum atomic E-state index is 3.47. The van der Waals surface area contributed by atoms with Gasteiger partial charge in [0.05, 0.1) is 0 Å². The van der Waals surface area contributed by atoms with Gasteiger partial charge in [-0.1, -0.05) is 10.4 Å². The van der Waals surface area contributed by atoms with Crippen LogP contribution in [0.3, 0.4) is 0 Å². The maximum Gasteiger partial charge on any atom is 0.0318 e. The van der Waals surface area contributed by atoms with E-state index in [1.807, 2.05) is 6.92 Å². The van der Waals surface area contributed by atoms with Gasteiger partial charge < -0.3 is 0 Å². The summed E-state index contributed by atoms with van der Waals surface area (Å²) in [6.07, 6.45) is 0. The fraction of sp³-hybridized carbons (Fsp3) is 1.00. The summed E-state index contributed by atoms with van der Waals surface area (Å²) >= 11 is 0. The van der Waals surface area contributed by atoms with E-state index < -0.39 is 0 Å². The minimum absolute atomic E-state index is 0.811. The van der Waals surface area contributed by atoms with Crippen LogP contribution in [0.15, 0.2) is 10.4 Å². The molecule has 0 aliphatic carbocycles. The van der Waals surface area contributed by atoms with Crippen molar-refractivity contribution in [3.05, 3.63) is 0 Å². The van der Waals surface area contributed by atoms with Crippen LogP contribution < -0.4 is 10.9 Å². The Morgan fingerprint density at radius 3 is 2.57 bits per heavy atom. The molecule has 0 aliphatic heterocycles. The Morgan fingerprint density at radius 2 is 2.14 bits per heavy atom. The summed E-state index contributed by atoms with van der Waals surface area (Å²) in [4.78, 5) is 0. The smallest absolute Gasteiger partial charge is 0.0318 e. The summed E-state index contributed by atoms with van der Waals surface area (Å²) in [5, 5.41) is 6.90. The van der Waals surface area contributed by atoms with E-state index in [1.54, 1.807) is 7.05 Å². The lowest BCUT2D eigenvalue weighted by atomic mass is 10.8. The van der Waals surface area contributed by atoms with Crippen molar-refractivity contribution in [2.75, 3.05) is 13.6 Å². The standard InChI is InChI=1S/C3H10N4/c1-3-5-7-6-4-2/h3H2,1-2H3,(H,4,7)(H,5,6). The van der Waals surface area contributed by atoms with Crippen molar-refractivity contribution in [1.29, 1.82) is 0 Å². The highest BCUT2D eigenvalue weighted by atomic mass is 15.5. The minimum Gasteiger partial charge on any atom is -0.293 e. The molecule has 0 aromatic heterocycles. The van der Waals surface area contributed by atoms with Crippen molar-refractivity contribution < 1.29 is 0 Å². The largest absolute Gasteiger partial charge is 0.293 e. The lowest BCUT2D eigenvalue weighted by Gasteiger charge is -1.86. The molecule has 2 N–H and O–H groups in total. The van der Waals surface area contributed by atoms with Gasteiger partial charge in [-0.15, -0.1) is 0 Å². The highest BCUT2D eigenvalue weighted by Crippen LogP contribution is 1.57. The third-order valence-corrected chi connectivity index (χ3v) is 0.379. The van der Waals surface area contributed by atoms with Crippen LogP contribution in [0.4, 0.5) is 0 Å². The minimum atomic E-state index is 0.811. The molecule has 0 unspecified atom stereocenters. The molecule has 7 heavy (non-hydrogen) atoms. The van der Waals surface area contributed by atoms with Gasteiger partial charge in [0, 0.05) is 13.6 Å². The molecule has 0 aliphatic rings. The molecule has 42 valence electrons. The Labute approximate surface area is 43.0 Å². The van der Waals surface area contributed by atoms with Crippen molar-refractivity contribution in [2.45, 2.75) is 6.92 Å². The molecule has 0 amide bonds. The van der Waals surface area contributed by atoms with E-state index in [2.05, 4.69) is 21.3 Å². The van der Waals surface area contributed by atoms with Gasteiger partial charge in [-0.25, -0.2) is 0 Å². The highest BCUT2D eigenvalue weighted by Gasteiger charge is 1.62. The molecule has 0 aromatic rings. The van der Waals surface area contributed by atoms with Gasteiger partial charge in [-0.2, -0.15) is 0 Å². The van der Waals surface area contributed by atoms with Crippen LogP contribution in [0.5, 0.6) is 0 Å². The summed E-state index contributed by atoms with van der Waals surface area (Å²) in [6, 6.07) is 0. The van der Waals surface area contributed by atoms with Crippen molar-refractivity contribution in [1.82, 2.24) is 10.9 Å². The van der Waals surface area contributed by atoms with Gasteiger partial charge in [0.1, 0.15) is 0 Å². The summed E-state index contributed by atoms with van der Waals surface area (Å²) in [6.45, 7) is 2.76. The highest BCUT2D eigenvalue weighted by molar-refractivity contribution is 4.18. The van der Waals surface area contributed by atoms with Gasteiger partial charge in [-0.05, 0) is 6.92 Å². The zero-order chi connectivity index (χ0) is 5.54. The molecule has 4 heteroatoms. The summed E-state index contributed by atoms with van der Waals surface area (Å²) in [5.74, 6) is 0. The summed E-state index contributed by atoms with van der Waals surface area (Å²) < 4.78 is 0. The van der Waals surface area contributed by atoms with E-state index in [-0.39, 0.29) is 0 Å². The number of nitrogens with one attached hydrogen (secondary N) is 2. The second-order valence-electron chi connectivity index (χ2n) is 0.935. The first kappa shape index (κ1) is 6.20. The predicted octanol–water partition coefficient (Wildman–Crippen LogP) is 0.0975. The molecular formula is C3H10N4. The molecule has 0 atom stereocenters. The van der Waals surface area contributed by atoms with Crippen LogP contribution in [-0.4, -0.2) is 13.6 Å². The zero-order valence-electron chi connectivity index (χ0n) is 4.60. The van der Waals surface area contributed by atoms with Crippen molar-refractivity contribution in [3.63, 3.8) is 0 Å². The third-order valence-electron chi connectivity index (χ3n) is 0.379. The Kier molecular flexibility index (Phi) is 4.61. The number of nitrogens with zero attached hydrogens (tertiary/aromatic N) is 2. The second-order valence-corrected chi connectivity index (χ2v) is 0.935. The van der Waals surface area contributed by atoms with Crippen molar-refractivity contribution in [2.24, 2.45) is 10.4 Å². The molecule has 0 saturated carbocycles. The van der Waals surface area contributed by atoms with Crippen LogP contribution >= 0.6 is 0 Å². The Morgan fingerprint density at radius 1 is 1.43 bits per heavy atom. The summed E-state index contributed by atoms with van der Waals surface area (Å²) in [5.41, 5.74) is 5.14. The lowest BCUT2D eigenvalue weighted by Crippen LogP contribution is -2.03. The molecule has 0 spiro atoms. The van der Waals surface area contributed by atoms with Crippen molar-refractivity contribution >= 4 is 0 Å². The monoisotopic (exact) mass is 102 g/mol. The van der Waals surface area contributed by atoms with Gasteiger partial charge >= 0.3 is 0 Å². The number of hydrogen-bond acceptors (Lipinski definition) is 2. The number of hydrogen-bond donors (Lipinski definition) is 2. The van der Waals surface area contributed by atoms with E-state index in [1.165, 1.54) is 0 Å². The van der Waals surface area contributed by atoms with Gasteiger partial charge in [-0.3, -0.25) is 10.9 Å². The first-order valence-corrected chi connectivity index (χ1v) is 2.21. The third kappa shape index (κ3) is 5.20. The normalized spacial score (nSPS) is 9.43. The Hall–Kier alpha value is -0.800. The molecular weight excluding hydrogens is 92.1 g/mol. The first-order valence-electron chi connectivity index (χ1n) is 2.21. The summed E-state index contributed by atoms with van der Waals surface area (Å²) in [7, 11) is 1.70. The van der Waals surface area contributed by atoms with Gasteiger partial charge in [0.25, 0.3) is 0 Å². The fourth-order valence-corrected chi connectivity index (χ4v) is 0.156. The molecule has 0 bridgehead atoms. The molecule has 0 saturated heterocycles. The molecule has 0 radical (unpaired) electrons. The molecule has 0 aromatic carbocycles. The van der Waals surface area contributed by atoms with Crippen LogP contribution in [0.25, 0.3) is 0 Å². The van der Waals surface area contributed by atoms with Crippen LogP contribution in [-0.2, 0) is 0 Å². The van der Waals surface area contributed by atoms with Crippen molar-refractivity contribution in [3.8, 4) is 0 Å². The first-order chi connectivity index (χ1) is 3.41. The average Bonchev–Trinajstić information content (AvgIpc) is 1.69. The molecule has 4 nitrogen and oxygen atoms in total. The molecule has 0 rings (SSSR count). The van der Waals surface area contributed by atoms with E-state index in [4.69, 9.17) is 0 Å². The zero-order valence-corrected chi connectivity index (χ0v) is 4.60.